The van der Waals surface area contributed by atoms with Crippen LogP contribution in [0.3, 0.4) is 0 Å². The summed E-state index contributed by atoms with van der Waals surface area (Å²) in [6.07, 6.45) is 0.775. The first-order chi connectivity index (χ1) is 16.1. The molecule has 0 aliphatic carbocycles. The molecular formula is C23H27N7O3. The van der Waals surface area contributed by atoms with Crippen LogP contribution >= 0.6 is 0 Å². The molecule has 1 atom stereocenters. The minimum Gasteiger partial charge on any atom is -0.419 e. The summed E-state index contributed by atoms with van der Waals surface area (Å²) in [7, 11) is 0. The Labute approximate surface area is 191 Å². The van der Waals surface area contributed by atoms with Gasteiger partial charge in [0.15, 0.2) is 5.82 Å². The lowest BCUT2D eigenvalue weighted by molar-refractivity contribution is 0.0799. The lowest BCUT2D eigenvalue weighted by atomic mass is 10.1. The predicted molar refractivity (Wildman–Crippen MR) is 119 cm³/mol. The molecule has 0 spiro atoms. The van der Waals surface area contributed by atoms with Gasteiger partial charge in [-0.2, -0.15) is 4.98 Å². The number of piperazine rings is 1. The van der Waals surface area contributed by atoms with Crippen molar-refractivity contribution >= 4 is 0 Å². The van der Waals surface area contributed by atoms with E-state index >= 15 is 0 Å². The minimum absolute atomic E-state index is 0.0999. The Hall–Kier alpha value is -3.37. The molecular weight excluding hydrogens is 422 g/mol. The van der Waals surface area contributed by atoms with E-state index in [1.54, 1.807) is 0 Å². The van der Waals surface area contributed by atoms with Crippen molar-refractivity contribution in [3.63, 3.8) is 0 Å². The van der Waals surface area contributed by atoms with Crippen LogP contribution < -0.4 is 0 Å². The summed E-state index contributed by atoms with van der Waals surface area (Å²) in [5, 5.41) is 16.8. The van der Waals surface area contributed by atoms with Gasteiger partial charge in [-0.25, -0.2) is 0 Å². The van der Waals surface area contributed by atoms with E-state index in [9.17, 15) is 0 Å². The van der Waals surface area contributed by atoms with Crippen LogP contribution in [0.5, 0.6) is 0 Å². The highest BCUT2D eigenvalue weighted by Crippen LogP contribution is 2.33. The number of hydrogen-bond donors (Lipinski definition) is 0. The minimum atomic E-state index is 0.0999. The number of aryl methyl sites for hydroxylation is 2. The summed E-state index contributed by atoms with van der Waals surface area (Å²) >= 11 is 0. The first kappa shape index (κ1) is 21.5. The van der Waals surface area contributed by atoms with Crippen LogP contribution in [-0.2, 0) is 13.0 Å². The number of benzene rings is 1. The first-order valence-corrected chi connectivity index (χ1v) is 11.3. The maximum Gasteiger partial charge on any atom is 0.253 e. The van der Waals surface area contributed by atoms with E-state index in [2.05, 4.69) is 42.2 Å². The Bertz CT molecular complexity index is 1190. The Morgan fingerprint density at radius 2 is 1.79 bits per heavy atom. The normalized spacial score (nSPS) is 16.3. The Balaban J connectivity index is 1.23. The van der Waals surface area contributed by atoms with Gasteiger partial charge in [-0.05, 0) is 13.8 Å². The van der Waals surface area contributed by atoms with Gasteiger partial charge in [-0.15, -0.1) is 10.2 Å². The summed E-state index contributed by atoms with van der Waals surface area (Å²) < 4.78 is 16.9. The third-order valence-corrected chi connectivity index (χ3v) is 6.06. The van der Waals surface area contributed by atoms with E-state index in [-0.39, 0.29) is 6.04 Å². The second-order valence-corrected chi connectivity index (χ2v) is 8.22. The Kier molecular flexibility index (Phi) is 6.01. The molecule has 4 aromatic rings. The van der Waals surface area contributed by atoms with Crippen LogP contribution in [0.2, 0.25) is 0 Å². The summed E-state index contributed by atoms with van der Waals surface area (Å²) in [4.78, 5) is 9.14. The van der Waals surface area contributed by atoms with E-state index in [1.807, 2.05) is 44.2 Å². The van der Waals surface area contributed by atoms with E-state index in [1.165, 1.54) is 0 Å². The lowest BCUT2D eigenvalue weighted by Gasteiger charge is -2.36. The molecule has 0 amide bonds. The second-order valence-electron chi connectivity index (χ2n) is 8.22. The van der Waals surface area contributed by atoms with E-state index in [0.717, 1.165) is 49.6 Å². The summed E-state index contributed by atoms with van der Waals surface area (Å²) in [6, 6.07) is 9.95. The molecule has 5 rings (SSSR count). The van der Waals surface area contributed by atoms with Crippen LogP contribution in [0.15, 0.2) is 43.8 Å². The molecule has 33 heavy (non-hydrogen) atoms. The maximum absolute atomic E-state index is 6.02. The van der Waals surface area contributed by atoms with Gasteiger partial charge in [0.1, 0.15) is 17.0 Å². The SMILES string of the molecule is CCc1noc(C(C)N2CCN(Cc3nnc(-c4c(-c5ccccc5)noc4C)o3)CC2)n1. The van der Waals surface area contributed by atoms with Crippen molar-refractivity contribution in [3.05, 3.63) is 53.7 Å². The number of rotatable bonds is 7. The molecule has 0 saturated carbocycles. The van der Waals surface area contributed by atoms with Crippen molar-refractivity contribution in [2.75, 3.05) is 26.2 Å². The lowest BCUT2D eigenvalue weighted by Crippen LogP contribution is -2.46. The average molecular weight is 450 g/mol. The molecule has 0 radical (unpaired) electrons. The second kappa shape index (κ2) is 9.24. The quantitative estimate of drug-likeness (QED) is 0.415. The summed E-state index contributed by atoms with van der Waals surface area (Å²) in [6.45, 7) is 10.2. The fraction of sp³-hybridized carbons (Fsp3) is 0.435. The molecule has 10 heteroatoms. The third kappa shape index (κ3) is 4.44. The zero-order valence-electron chi connectivity index (χ0n) is 19.1. The monoisotopic (exact) mass is 449 g/mol. The van der Waals surface area contributed by atoms with E-state index < -0.39 is 0 Å². The average Bonchev–Trinajstić information content (AvgIpc) is 3.59. The molecule has 172 valence electrons. The molecule has 1 aromatic carbocycles. The number of hydrogen-bond acceptors (Lipinski definition) is 10. The molecule has 1 saturated heterocycles. The van der Waals surface area contributed by atoms with Gasteiger partial charge in [0, 0.05) is 38.2 Å². The third-order valence-electron chi connectivity index (χ3n) is 6.06. The topological polar surface area (TPSA) is 110 Å². The van der Waals surface area contributed by atoms with Gasteiger partial charge < -0.3 is 13.5 Å². The van der Waals surface area contributed by atoms with Crippen LogP contribution in [0.4, 0.5) is 0 Å². The van der Waals surface area contributed by atoms with Crippen molar-refractivity contribution in [3.8, 4) is 22.7 Å². The maximum atomic E-state index is 6.02. The van der Waals surface area contributed by atoms with Crippen molar-refractivity contribution in [1.29, 1.82) is 0 Å². The molecule has 1 fully saturated rings. The molecule has 3 aromatic heterocycles. The van der Waals surface area contributed by atoms with Crippen LogP contribution in [0.25, 0.3) is 22.7 Å². The predicted octanol–water partition coefficient (Wildman–Crippen LogP) is 3.52. The van der Waals surface area contributed by atoms with Crippen LogP contribution in [-0.4, -0.2) is 61.5 Å². The van der Waals surface area contributed by atoms with Gasteiger partial charge in [0.05, 0.1) is 12.6 Å². The molecule has 4 heterocycles. The van der Waals surface area contributed by atoms with Crippen molar-refractivity contribution in [1.82, 2.24) is 35.3 Å². The zero-order chi connectivity index (χ0) is 22.8. The van der Waals surface area contributed by atoms with Gasteiger partial charge in [-0.3, -0.25) is 9.80 Å². The molecule has 0 bridgehead atoms. The fourth-order valence-electron chi connectivity index (χ4n) is 4.07. The van der Waals surface area contributed by atoms with Crippen molar-refractivity contribution < 1.29 is 13.5 Å². The molecule has 1 aliphatic heterocycles. The van der Waals surface area contributed by atoms with Gasteiger partial charge in [0.25, 0.3) is 5.89 Å². The van der Waals surface area contributed by atoms with Gasteiger partial charge in [-0.1, -0.05) is 47.6 Å². The number of nitrogens with zero attached hydrogens (tertiary/aromatic N) is 7. The standard InChI is InChI=1S/C23H27N7O3/c1-4-18-24-22(33-27-18)15(2)30-12-10-29(11-13-30)14-19-25-26-23(31-19)20-16(3)32-28-21(20)17-8-6-5-7-9-17/h5-9,15H,4,10-14H2,1-3H3. The molecule has 1 aliphatic rings. The molecule has 10 nitrogen and oxygen atoms in total. The van der Waals surface area contributed by atoms with E-state index in [0.29, 0.717) is 35.7 Å². The highest BCUT2D eigenvalue weighted by Gasteiger charge is 2.27. The van der Waals surface area contributed by atoms with Gasteiger partial charge >= 0.3 is 0 Å². The Morgan fingerprint density at radius 1 is 1.00 bits per heavy atom. The largest absolute Gasteiger partial charge is 0.419 e. The van der Waals surface area contributed by atoms with Crippen LogP contribution in [0, 0.1) is 6.92 Å². The molecule has 1 unspecified atom stereocenters. The molecule has 0 N–H and O–H groups in total. The highest BCUT2D eigenvalue weighted by molar-refractivity contribution is 5.77. The van der Waals surface area contributed by atoms with E-state index in [4.69, 9.17) is 13.5 Å². The Morgan fingerprint density at radius 3 is 2.52 bits per heavy atom. The highest BCUT2D eigenvalue weighted by atomic mass is 16.5. The smallest absolute Gasteiger partial charge is 0.253 e. The number of aromatic nitrogens is 5. The summed E-state index contributed by atoms with van der Waals surface area (Å²) in [5.41, 5.74) is 2.39. The summed E-state index contributed by atoms with van der Waals surface area (Å²) in [5.74, 6) is 3.09. The fourth-order valence-corrected chi connectivity index (χ4v) is 4.07. The first-order valence-electron chi connectivity index (χ1n) is 11.3. The van der Waals surface area contributed by atoms with Gasteiger partial charge in [0.2, 0.25) is 11.8 Å². The van der Waals surface area contributed by atoms with Crippen molar-refractivity contribution in [2.45, 2.75) is 39.8 Å². The van der Waals surface area contributed by atoms with Crippen LogP contribution in [0.1, 0.15) is 43.3 Å². The zero-order valence-corrected chi connectivity index (χ0v) is 19.1. The van der Waals surface area contributed by atoms with Crippen molar-refractivity contribution in [2.24, 2.45) is 0 Å².